The first-order chi connectivity index (χ1) is 8.76. The number of nitrogens with one attached hydrogen (secondary N) is 1. The minimum absolute atomic E-state index is 0.0285. The van der Waals surface area contributed by atoms with Crippen LogP contribution in [0.5, 0.6) is 0 Å². The highest BCUT2D eigenvalue weighted by molar-refractivity contribution is 5.86. The summed E-state index contributed by atoms with van der Waals surface area (Å²) in [5, 5.41) is 19.6. The van der Waals surface area contributed by atoms with Gasteiger partial charge in [-0.2, -0.15) is 0 Å². The predicted molar refractivity (Wildman–Crippen MR) is 68.4 cm³/mol. The number of nitrogens with two attached hydrogens (primary N) is 1. The van der Waals surface area contributed by atoms with E-state index in [1.165, 1.54) is 0 Å². The van der Waals surface area contributed by atoms with E-state index in [0.717, 1.165) is 6.42 Å². The van der Waals surface area contributed by atoms with Crippen LogP contribution in [0.25, 0.3) is 0 Å². The van der Waals surface area contributed by atoms with Crippen LogP contribution in [-0.4, -0.2) is 40.6 Å². The number of aliphatic carboxylic acids is 2. The van der Waals surface area contributed by atoms with Gasteiger partial charge >= 0.3 is 11.9 Å². The lowest BCUT2D eigenvalue weighted by atomic mass is 9.94. The average molecular weight is 274 g/mol. The van der Waals surface area contributed by atoms with Crippen molar-refractivity contribution in [2.75, 3.05) is 6.54 Å². The van der Waals surface area contributed by atoms with Crippen molar-refractivity contribution in [3.8, 4) is 0 Å². The van der Waals surface area contributed by atoms with Crippen LogP contribution in [0.4, 0.5) is 0 Å². The Morgan fingerprint density at radius 3 is 2.11 bits per heavy atom. The third-order valence-corrected chi connectivity index (χ3v) is 2.62. The van der Waals surface area contributed by atoms with Crippen LogP contribution in [-0.2, 0) is 14.4 Å². The molecule has 5 N–H and O–H groups in total. The molecule has 0 aromatic carbocycles. The molecule has 1 amide bonds. The number of rotatable bonds is 9. The van der Waals surface area contributed by atoms with E-state index in [-0.39, 0.29) is 12.3 Å². The van der Waals surface area contributed by atoms with E-state index in [4.69, 9.17) is 15.9 Å². The second kappa shape index (κ2) is 8.47. The molecule has 0 saturated heterocycles. The van der Waals surface area contributed by atoms with Crippen molar-refractivity contribution in [3.05, 3.63) is 0 Å². The zero-order valence-electron chi connectivity index (χ0n) is 11.3. The molecule has 0 aromatic rings. The van der Waals surface area contributed by atoms with Gasteiger partial charge in [0.25, 0.3) is 0 Å². The van der Waals surface area contributed by atoms with E-state index in [1.807, 2.05) is 13.8 Å². The van der Waals surface area contributed by atoms with Gasteiger partial charge in [0.2, 0.25) is 5.91 Å². The van der Waals surface area contributed by atoms with Gasteiger partial charge in [0.1, 0.15) is 6.04 Å². The molecule has 19 heavy (non-hydrogen) atoms. The molecule has 0 aliphatic carbocycles. The first-order valence-corrected chi connectivity index (χ1v) is 6.20. The number of amides is 1. The van der Waals surface area contributed by atoms with Gasteiger partial charge in [-0.3, -0.25) is 9.59 Å². The molecule has 0 saturated carbocycles. The third-order valence-electron chi connectivity index (χ3n) is 2.62. The van der Waals surface area contributed by atoms with Crippen molar-refractivity contribution in [2.45, 2.75) is 39.2 Å². The molecule has 2 unspecified atom stereocenters. The highest BCUT2D eigenvalue weighted by Crippen LogP contribution is 2.14. The molecule has 0 aliphatic heterocycles. The highest BCUT2D eigenvalue weighted by atomic mass is 16.4. The lowest BCUT2D eigenvalue weighted by Crippen LogP contribution is -2.43. The van der Waals surface area contributed by atoms with Crippen LogP contribution in [0.2, 0.25) is 0 Å². The number of carboxylic acids is 2. The summed E-state index contributed by atoms with van der Waals surface area (Å²) in [7, 11) is 0. The first-order valence-electron chi connectivity index (χ1n) is 6.20. The third kappa shape index (κ3) is 8.15. The van der Waals surface area contributed by atoms with Crippen molar-refractivity contribution in [1.29, 1.82) is 0 Å². The van der Waals surface area contributed by atoms with Crippen LogP contribution in [0.15, 0.2) is 0 Å². The predicted octanol–water partition coefficient (Wildman–Crippen LogP) is 0.0416. The second-order valence-electron chi connectivity index (χ2n) is 4.99. The topological polar surface area (TPSA) is 130 Å². The molecule has 0 fully saturated rings. The normalized spacial score (nSPS) is 13.9. The Labute approximate surface area is 112 Å². The summed E-state index contributed by atoms with van der Waals surface area (Å²) >= 11 is 0. The van der Waals surface area contributed by atoms with Gasteiger partial charge in [-0.05, 0) is 24.8 Å². The summed E-state index contributed by atoms with van der Waals surface area (Å²) in [6.07, 6.45) is 0.233. The fraction of sp³-hybridized carbons (Fsp3) is 0.750. The van der Waals surface area contributed by atoms with Gasteiger partial charge in [-0.25, -0.2) is 4.79 Å². The summed E-state index contributed by atoms with van der Waals surface area (Å²) in [5.74, 6) is -2.76. The Kier molecular flexibility index (Phi) is 7.74. The van der Waals surface area contributed by atoms with Crippen molar-refractivity contribution in [1.82, 2.24) is 5.32 Å². The van der Waals surface area contributed by atoms with E-state index in [1.54, 1.807) is 0 Å². The van der Waals surface area contributed by atoms with Crippen molar-refractivity contribution >= 4 is 17.8 Å². The maximum Gasteiger partial charge on any atom is 0.326 e. The molecule has 0 rings (SSSR count). The van der Waals surface area contributed by atoms with Crippen LogP contribution in [0.1, 0.15) is 33.1 Å². The lowest BCUT2D eigenvalue weighted by Gasteiger charge is -2.18. The van der Waals surface area contributed by atoms with E-state index >= 15 is 0 Å². The maximum atomic E-state index is 11.7. The monoisotopic (exact) mass is 274 g/mol. The maximum absolute atomic E-state index is 11.7. The second-order valence-corrected chi connectivity index (χ2v) is 4.99. The SMILES string of the molecule is CC(C)CC(CN)CC(=O)NC(CC(=O)O)C(=O)O. The molecule has 0 aromatic heterocycles. The van der Waals surface area contributed by atoms with Crippen LogP contribution < -0.4 is 11.1 Å². The van der Waals surface area contributed by atoms with Crippen molar-refractivity contribution < 1.29 is 24.6 Å². The molecule has 0 spiro atoms. The van der Waals surface area contributed by atoms with E-state index in [2.05, 4.69) is 5.32 Å². The molecule has 0 radical (unpaired) electrons. The number of hydrogen-bond donors (Lipinski definition) is 4. The largest absolute Gasteiger partial charge is 0.481 e. The Balaban J connectivity index is 4.39. The van der Waals surface area contributed by atoms with Gasteiger partial charge in [-0.15, -0.1) is 0 Å². The van der Waals surface area contributed by atoms with Crippen LogP contribution >= 0.6 is 0 Å². The Morgan fingerprint density at radius 1 is 1.16 bits per heavy atom. The molecule has 110 valence electrons. The minimum Gasteiger partial charge on any atom is -0.481 e. The Morgan fingerprint density at radius 2 is 1.74 bits per heavy atom. The van der Waals surface area contributed by atoms with Crippen LogP contribution in [0, 0.1) is 11.8 Å². The highest BCUT2D eigenvalue weighted by Gasteiger charge is 2.24. The van der Waals surface area contributed by atoms with Gasteiger partial charge in [0.05, 0.1) is 6.42 Å². The number of carbonyl (C=O) groups is 3. The standard InChI is InChI=1S/C12H22N2O5/c1-7(2)3-8(6-13)4-10(15)14-9(12(18)19)5-11(16)17/h7-9H,3-6,13H2,1-2H3,(H,14,15)(H,16,17)(H,18,19). The Hall–Kier alpha value is -1.63. The molecule has 7 nitrogen and oxygen atoms in total. The fourth-order valence-corrected chi connectivity index (χ4v) is 1.82. The fourth-order valence-electron chi connectivity index (χ4n) is 1.82. The molecular weight excluding hydrogens is 252 g/mol. The minimum atomic E-state index is -1.40. The lowest BCUT2D eigenvalue weighted by molar-refractivity contribution is -0.147. The number of carbonyl (C=O) groups excluding carboxylic acids is 1. The first kappa shape index (κ1) is 17.4. The summed E-state index contributed by atoms with van der Waals surface area (Å²) in [4.78, 5) is 33.0. The van der Waals surface area contributed by atoms with Crippen molar-refractivity contribution in [2.24, 2.45) is 17.6 Å². The zero-order valence-corrected chi connectivity index (χ0v) is 11.3. The van der Waals surface area contributed by atoms with Gasteiger partial charge < -0.3 is 21.3 Å². The summed E-state index contributed by atoms with van der Waals surface area (Å²) < 4.78 is 0. The molecule has 0 bridgehead atoms. The van der Waals surface area contributed by atoms with E-state index in [9.17, 15) is 14.4 Å². The van der Waals surface area contributed by atoms with E-state index < -0.39 is 30.3 Å². The summed E-state index contributed by atoms with van der Waals surface area (Å²) in [6, 6.07) is -1.40. The smallest absolute Gasteiger partial charge is 0.326 e. The molecule has 2 atom stereocenters. The molecular formula is C12H22N2O5. The van der Waals surface area contributed by atoms with Gasteiger partial charge in [-0.1, -0.05) is 13.8 Å². The van der Waals surface area contributed by atoms with E-state index in [0.29, 0.717) is 12.5 Å². The molecule has 0 aliphatic rings. The number of hydrogen-bond acceptors (Lipinski definition) is 4. The van der Waals surface area contributed by atoms with Crippen LogP contribution in [0.3, 0.4) is 0 Å². The van der Waals surface area contributed by atoms with Crippen molar-refractivity contribution in [3.63, 3.8) is 0 Å². The number of carboxylic acid groups (broad SMARTS) is 2. The summed E-state index contributed by atoms with van der Waals surface area (Å²) in [5.41, 5.74) is 5.55. The zero-order chi connectivity index (χ0) is 15.0. The van der Waals surface area contributed by atoms with Gasteiger partial charge in [0.15, 0.2) is 0 Å². The Bertz CT molecular complexity index is 330. The van der Waals surface area contributed by atoms with Gasteiger partial charge in [0, 0.05) is 6.42 Å². The molecule has 7 heteroatoms. The average Bonchev–Trinajstić information content (AvgIpc) is 2.25. The quantitative estimate of drug-likeness (QED) is 0.469. The molecule has 0 heterocycles. The summed E-state index contributed by atoms with van der Waals surface area (Å²) in [6.45, 7) is 4.35.